The van der Waals surface area contributed by atoms with Gasteiger partial charge in [-0.2, -0.15) is 0 Å². The van der Waals surface area contributed by atoms with Crippen LogP contribution >= 0.6 is 11.6 Å². The molecule has 1 aromatic heterocycles. The molecular formula is C25H26ClF4N5O4. The third-order valence-electron chi connectivity index (χ3n) is 6.45. The average molecular weight is 572 g/mol. The molecule has 2 aromatic rings. The maximum Gasteiger partial charge on any atom is 0.414 e. The number of ketones is 1. The predicted molar refractivity (Wildman–Crippen MR) is 134 cm³/mol. The van der Waals surface area contributed by atoms with Crippen LogP contribution in [0.4, 0.5) is 33.7 Å². The van der Waals surface area contributed by atoms with E-state index in [-0.39, 0.29) is 62.8 Å². The SMILES string of the molecule is O=C(CC[C@H]1CN(c2cc(F)c(N3CCNN(C(=O)CCc4ccc(Cl)nc4)CC3)c(F)c2)C(=O)O1)C(F)F. The van der Waals surface area contributed by atoms with E-state index in [9.17, 15) is 23.2 Å². The third kappa shape index (κ3) is 7.15. The Bertz CT molecular complexity index is 1200. The van der Waals surface area contributed by atoms with E-state index >= 15 is 8.78 Å². The summed E-state index contributed by atoms with van der Waals surface area (Å²) in [7, 11) is 0. The zero-order valence-electron chi connectivity index (χ0n) is 20.7. The second kappa shape index (κ2) is 12.6. The van der Waals surface area contributed by atoms with Crippen molar-refractivity contribution in [3.63, 3.8) is 0 Å². The highest BCUT2D eigenvalue weighted by Crippen LogP contribution is 2.32. The Kier molecular flexibility index (Phi) is 9.23. The molecule has 0 spiro atoms. The van der Waals surface area contributed by atoms with E-state index < -0.39 is 42.5 Å². The number of rotatable bonds is 9. The zero-order chi connectivity index (χ0) is 28.1. The van der Waals surface area contributed by atoms with Crippen LogP contribution in [-0.4, -0.2) is 73.0 Å². The molecule has 3 heterocycles. The average Bonchev–Trinajstić information content (AvgIpc) is 3.10. The summed E-state index contributed by atoms with van der Waals surface area (Å²) >= 11 is 5.78. The summed E-state index contributed by atoms with van der Waals surface area (Å²) < 4.78 is 60.2. The number of hydrazine groups is 1. The van der Waals surface area contributed by atoms with Crippen molar-refractivity contribution >= 4 is 40.8 Å². The molecular weight excluding hydrogens is 546 g/mol. The Morgan fingerprint density at radius 2 is 1.87 bits per heavy atom. The quantitative estimate of drug-likeness (QED) is 0.362. The predicted octanol–water partition coefficient (Wildman–Crippen LogP) is 3.74. The molecule has 0 radical (unpaired) electrons. The molecule has 1 N–H and O–H groups in total. The van der Waals surface area contributed by atoms with Crippen molar-refractivity contribution in [1.82, 2.24) is 15.4 Å². The zero-order valence-corrected chi connectivity index (χ0v) is 21.5. The maximum absolute atomic E-state index is 15.1. The molecule has 2 fully saturated rings. The molecule has 2 aliphatic rings. The van der Waals surface area contributed by atoms with Crippen molar-refractivity contribution in [2.75, 3.05) is 42.5 Å². The fraction of sp³-hybridized carbons (Fsp3) is 0.440. The largest absolute Gasteiger partial charge is 0.444 e. The van der Waals surface area contributed by atoms with Crippen molar-refractivity contribution in [2.24, 2.45) is 0 Å². The van der Waals surface area contributed by atoms with E-state index in [0.29, 0.717) is 11.6 Å². The topological polar surface area (TPSA) is 95.1 Å². The standard InChI is InChI=1S/C25H26ClF4N5O4/c26-21-5-1-15(13-31-21)2-6-22(37)35-10-9-33(8-7-32-35)23-18(27)11-16(12-19(23)28)34-14-17(39-25(34)38)3-4-20(36)24(29)30/h1,5,11-13,17,24,32H,2-4,6-10,14H2/t17-/m0/s1. The molecule has 1 aromatic carbocycles. The number of pyridine rings is 1. The van der Waals surface area contributed by atoms with Gasteiger partial charge in [-0.1, -0.05) is 17.7 Å². The number of hydrogen-bond donors (Lipinski definition) is 1. The second-order valence-electron chi connectivity index (χ2n) is 9.11. The summed E-state index contributed by atoms with van der Waals surface area (Å²) in [4.78, 5) is 42.5. The van der Waals surface area contributed by atoms with Gasteiger partial charge >= 0.3 is 6.09 Å². The Hall–Kier alpha value is -3.45. The summed E-state index contributed by atoms with van der Waals surface area (Å²) in [5.41, 5.74) is 3.44. The summed E-state index contributed by atoms with van der Waals surface area (Å²) in [5, 5.41) is 1.78. The lowest BCUT2D eigenvalue weighted by Gasteiger charge is -2.25. The normalized spacial score (nSPS) is 17.9. The number of hydrogen-bond acceptors (Lipinski definition) is 7. The number of anilines is 2. The minimum absolute atomic E-state index is 0.0946. The van der Waals surface area contributed by atoms with Crippen LogP contribution in [0, 0.1) is 11.6 Å². The second-order valence-corrected chi connectivity index (χ2v) is 9.50. The van der Waals surface area contributed by atoms with Crippen LogP contribution in [-0.2, 0) is 20.7 Å². The lowest BCUT2D eigenvalue weighted by atomic mass is 10.1. The number of nitrogens with one attached hydrogen (secondary N) is 1. The van der Waals surface area contributed by atoms with Gasteiger partial charge in [0.2, 0.25) is 5.91 Å². The Morgan fingerprint density at radius 1 is 1.13 bits per heavy atom. The van der Waals surface area contributed by atoms with E-state index in [1.807, 2.05) is 0 Å². The molecule has 14 heteroatoms. The minimum Gasteiger partial charge on any atom is -0.444 e. The molecule has 0 unspecified atom stereocenters. The van der Waals surface area contributed by atoms with Crippen molar-refractivity contribution in [2.45, 2.75) is 38.2 Å². The Labute approximate surface area is 226 Å². The molecule has 4 rings (SSSR count). The molecule has 2 amide bonds. The van der Waals surface area contributed by atoms with Gasteiger partial charge in [-0.05, 0) is 24.5 Å². The number of nitrogens with zero attached hydrogens (tertiary/aromatic N) is 4. The fourth-order valence-corrected chi connectivity index (χ4v) is 4.53. The van der Waals surface area contributed by atoms with E-state index in [1.54, 1.807) is 18.3 Å². The Morgan fingerprint density at radius 3 is 2.54 bits per heavy atom. The summed E-state index contributed by atoms with van der Waals surface area (Å²) in [5.74, 6) is -3.27. The van der Waals surface area contributed by atoms with E-state index in [4.69, 9.17) is 16.3 Å². The number of carbonyl (C=O) groups excluding carboxylic acids is 3. The molecule has 2 aliphatic heterocycles. The summed E-state index contributed by atoms with van der Waals surface area (Å²) in [6.07, 6.45) is -3.21. The first-order valence-electron chi connectivity index (χ1n) is 12.3. The first-order chi connectivity index (χ1) is 18.6. The first-order valence-corrected chi connectivity index (χ1v) is 12.7. The highest BCUT2D eigenvalue weighted by atomic mass is 35.5. The van der Waals surface area contributed by atoms with Gasteiger partial charge < -0.3 is 9.64 Å². The van der Waals surface area contributed by atoms with Crippen molar-refractivity contribution in [1.29, 1.82) is 0 Å². The van der Waals surface area contributed by atoms with Gasteiger partial charge in [-0.15, -0.1) is 0 Å². The highest BCUT2D eigenvalue weighted by molar-refractivity contribution is 6.29. The molecule has 1 atom stereocenters. The molecule has 2 saturated heterocycles. The van der Waals surface area contributed by atoms with Gasteiger partial charge in [0.15, 0.2) is 17.4 Å². The number of Topliss-reactive ketones (excluding diaryl/α,β-unsaturated/α-hetero) is 1. The van der Waals surface area contributed by atoms with E-state index in [0.717, 1.165) is 22.6 Å². The number of cyclic esters (lactones) is 1. The molecule has 39 heavy (non-hydrogen) atoms. The number of ether oxygens (including phenoxy) is 1. The van der Waals surface area contributed by atoms with Crippen LogP contribution in [0.2, 0.25) is 5.15 Å². The van der Waals surface area contributed by atoms with Gasteiger partial charge in [-0.3, -0.25) is 19.5 Å². The fourth-order valence-electron chi connectivity index (χ4n) is 4.41. The number of aryl methyl sites for hydroxylation is 1. The van der Waals surface area contributed by atoms with Crippen LogP contribution < -0.4 is 15.2 Å². The number of aromatic nitrogens is 1. The van der Waals surface area contributed by atoms with Gasteiger partial charge in [0.1, 0.15) is 16.9 Å². The van der Waals surface area contributed by atoms with Gasteiger partial charge in [-0.25, -0.2) is 32.8 Å². The number of amides is 2. The monoisotopic (exact) mass is 571 g/mol. The van der Waals surface area contributed by atoms with Crippen LogP contribution in [0.15, 0.2) is 30.5 Å². The third-order valence-corrected chi connectivity index (χ3v) is 6.68. The molecule has 0 aliphatic carbocycles. The van der Waals surface area contributed by atoms with Crippen LogP contribution in [0.25, 0.3) is 0 Å². The number of alkyl halides is 2. The lowest BCUT2D eigenvalue weighted by Crippen LogP contribution is -2.43. The van der Waals surface area contributed by atoms with E-state index in [2.05, 4.69) is 10.4 Å². The van der Waals surface area contributed by atoms with Crippen molar-refractivity contribution in [3.8, 4) is 0 Å². The van der Waals surface area contributed by atoms with Crippen LogP contribution in [0.5, 0.6) is 0 Å². The number of halogens is 5. The summed E-state index contributed by atoms with van der Waals surface area (Å²) in [6, 6.07) is 5.41. The smallest absolute Gasteiger partial charge is 0.414 e. The van der Waals surface area contributed by atoms with Gasteiger partial charge in [0.25, 0.3) is 6.43 Å². The van der Waals surface area contributed by atoms with Gasteiger partial charge in [0, 0.05) is 50.8 Å². The molecule has 9 nitrogen and oxygen atoms in total. The van der Waals surface area contributed by atoms with Gasteiger partial charge in [0.05, 0.1) is 18.8 Å². The molecule has 0 saturated carbocycles. The maximum atomic E-state index is 15.1. The van der Waals surface area contributed by atoms with E-state index in [1.165, 1.54) is 9.91 Å². The first kappa shape index (κ1) is 28.6. The lowest BCUT2D eigenvalue weighted by molar-refractivity contribution is -0.134. The molecule has 0 bridgehead atoms. The molecule has 210 valence electrons. The number of carbonyl (C=O) groups is 3. The van der Waals surface area contributed by atoms with Crippen LogP contribution in [0.1, 0.15) is 24.8 Å². The minimum atomic E-state index is -3.11. The van der Waals surface area contributed by atoms with Crippen molar-refractivity contribution in [3.05, 3.63) is 52.8 Å². The van der Waals surface area contributed by atoms with Crippen molar-refractivity contribution < 1.29 is 36.7 Å². The summed E-state index contributed by atoms with van der Waals surface area (Å²) in [6.45, 7) is 0.664. The highest BCUT2D eigenvalue weighted by Gasteiger charge is 2.34. The number of benzene rings is 1. The Balaban J connectivity index is 1.36. The van der Waals surface area contributed by atoms with Crippen LogP contribution in [0.3, 0.4) is 0 Å².